The van der Waals surface area contributed by atoms with E-state index in [1.165, 1.54) is 96.3 Å². The number of rotatable bonds is 37. The molecule has 8 nitrogen and oxygen atoms in total. The van der Waals surface area contributed by atoms with E-state index in [-0.39, 0.29) is 19.4 Å². The number of ether oxygens (including phenoxy) is 2. The highest BCUT2D eigenvalue weighted by Crippen LogP contribution is 2.36. The number of phosphoric acid groups is 1. The first-order chi connectivity index (χ1) is 25.8. The van der Waals surface area contributed by atoms with Crippen molar-refractivity contribution in [3.63, 3.8) is 0 Å². The molecule has 0 amide bonds. The molecule has 0 aliphatic rings. The number of phosphoric ester groups is 1. The van der Waals surface area contributed by atoms with Crippen LogP contribution in [-0.2, 0) is 28.2 Å². The first-order valence-corrected chi connectivity index (χ1v) is 22.3. The molecule has 0 aromatic heterocycles. The number of carbonyl (C=O) groups is 2. The van der Waals surface area contributed by atoms with E-state index in [2.05, 4.69) is 36.6 Å². The smallest absolute Gasteiger partial charge is 0.462 e. The molecule has 0 fully saturated rings. The Bertz CT molecular complexity index is 1080. The molecule has 0 aromatic carbocycles. The number of esters is 2. The van der Waals surface area contributed by atoms with Crippen LogP contribution in [0.1, 0.15) is 174 Å². The van der Waals surface area contributed by atoms with Gasteiger partial charge in [0.2, 0.25) is 0 Å². The summed E-state index contributed by atoms with van der Waals surface area (Å²) in [6.45, 7) is 3.47. The van der Waals surface area contributed by atoms with Crippen LogP contribution < -0.4 is 0 Å². The van der Waals surface area contributed by atoms with Gasteiger partial charge in [-0.3, -0.25) is 14.1 Å². The van der Waals surface area contributed by atoms with Crippen molar-refractivity contribution in [2.45, 2.75) is 180 Å². The molecule has 1 atom stereocenters. The highest BCUT2D eigenvalue weighted by atomic mass is 31.2. The van der Waals surface area contributed by atoms with Gasteiger partial charge >= 0.3 is 19.8 Å². The maximum Gasteiger partial charge on any atom is 0.469 e. The van der Waals surface area contributed by atoms with Crippen molar-refractivity contribution in [3.05, 3.63) is 72.9 Å². The first kappa shape index (κ1) is 50.5. The van der Waals surface area contributed by atoms with Crippen LogP contribution in [0.15, 0.2) is 72.9 Å². The standard InChI is InChI=1S/C44H75O8P/c1-3-5-7-9-11-13-15-17-18-19-20-21-22-23-24-25-27-28-30-32-34-36-38-43(45)50-40-42(41-51-53(47,48)49)52-44(46)39-37-35-33-31-29-26-16-14-12-10-8-6-4-2/h6,8,10,12,14,16,22-23,26,29,31,33,42H,3-5,7,9,11,13,15,17-21,24-25,27-28,30,32,34-41H2,1-2H3,(H2,47,48,49)/b8-6+,12-10+,16-14+,23-22+,29-26+,33-31+. The lowest BCUT2D eigenvalue weighted by atomic mass is 10.0. The van der Waals surface area contributed by atoms with E-state index >= 15 is 0 Å². The van der Waals surface area contributed by atoms with E-state index in [9.17, 15) is 14.2 Å². The molecule has 0 saturated heterocycles. The van der Waals surface area contributed by atoms with Gasteiger partial charge in [0.25, 0.3) is 0 Å². The summed E-state index contributed by atoms with van der Waals surface area (Å²) in [4.78, 5) is 42.7. The summed E-state index contributed by atoms with van der Waals surface area (Å²) in [6, 6.07) is 0. The second kappa shape index (κ2) is 39.2. The molecule has 0 rings (SSSR count). The van der Waals surface area contributed by atoms with Crippen molar-refractivity contribution in [1.29, 1.82) is 0 Å². The maximum absolute atomic E-state index is 12.3. The Morgan fingerprint density at radius 3 is 1.45 bits per heavy atom. The summed E-state index contributed by atoms with van der Waals surface area (Å²) in [5.74, 6) is -0.980. The summed E-state index contributed by atoms with van der Waals surface area (Å²) in [5, 5.41) is 0. The third-order valence-electron chi connectivity index (χ3n) is 8.59. The van der Waals surface area contributed by atoms with Crippen molar-refractivity contribution < 1.29 is 37.9 Å². The summed E-state index contributed by atoms with van der Waals surface area (Å²) >= 11 is 0. The van der Waals surface area contributed by atoms with E-state index < -0.39 is 32.5 Å². The van der Waals surface area contributed by atoms with E-state index in [0.29, 0.717) is 19.3 Å². The van der Waals surface area contributed by atoms with Crippen LogP contribution >= 0.6 is 7.82 Å². The molecule has 1 unspecified atom stereocenters. The molecule has 0 bridgehead atoms. The molecule has 9 heteroatoms. The predicted molar refractivity (Wildman–Crippen MR) is 220 cm³/mol. The third-order valence-corrected chi connectivity index (χ3v) is 9.07. The van der Waals surface area contributed by atoms with E-state index in [0.717, 1.165) is 32.1 Å². The Morgan fingerprint density at radius 1 is 0.509 bits per heavy atom. The summed E-state index contributed by atoms with van der Waals surface area (Å²) in [7, 11) is -4.78. The Morgan fingerprint density at radius 2 is 0.943 bits per heavy atom. The lowest BCUT2D eigenvalue weighted by Gasteiger charge is -2.18. The van der Waals surface area contributed by atoms with Crippen LogP contribution in [0.2, 0.25) is 0 Å². The zero-order chi connectivity index (χ0) is 38.9. The Hall–Kier alpha value is -2.51. The van der Waals surface area contributed by atoms with Gasteiger partial charge in [0, 0.05) is 12.8 Å². The number of allylic oxidation sites excluding steroid dienone is 12. The zero-order valence-electron chi connectivity index (χ0n) is 33.4. The molecule has 0 saturated carbocycles. The van der Waals surface area contributed by atoms with Crippen molar-refractivity contribution in [2.24, 2.45) is 0 Å². The van der Waals surface area contributed by atoms with Gasteiger partial charge < -0.3 is 19.3 Å². The van der Waals surface area contributed by atoms with Crippen LogP contribution in [-0.4, -0.2) is 41.0 Å². The summed E-state index contributed by atoms with van der Waals surface area (Å²) < 4.78 is 26.3. The van der Waals surface area contributed by atoms with E-state index in [4.69, 9.17) is 19.3 Å². The molecule has 2 N–H and O–H groups in total. The molecule has 0 radical (unpaired) electrons. The van der Waals surface area contributed by atoms with Crippen LogP contribution in [0.3, 0.4) is 0 Å². The number of unbranched alkanes of at least 4 members (excludes halogenated alkanes) is 19. The molecule has 0 heterocycles. The second-order valence-corrected chi connectivity index (χ2v) is 14.9. The Labute approximate surface area is 323 Å². The topological polar surface area (TPSA) is 119 Å². The van der Waals surface area contributed by atoms with Crippen LogP contribution in [0, 0.1) is 0 Å². The van der Waals surface area contributed by atoms with Crippen LogP contribution in [0.5, 0.6) is 0 Å². The maximum atomic E-state index is 12.3. The SMILES string of the molecule is CC/C=C/C=C/C=C/C=C/C=C/CCCC(=O)OC(COC(=O)CCCCCCCCC/C=C/CCCCCCCCCCCCC)COP(=O)(O)O. The average molecular weight is 763 g/mol. The fourth-order valence-corrected chi connectivity index (χ4v) is 5.88. The minimum atomic E-state index is -4.78. The Kier molecular flexibility index (Phi) is 37.3. The van der Waals surface area contributed by atoms with Gasteiger partial charge in [-0.2, -0.15) is 0 Å². The molecule has 0 aromatic rings. The van der Waals surface area contributed by atoms with Crippen LogP contribution in [0.25, 0.3) is 0 Å². The van der Waals surface area contributed by atoms with Crippen molar-refractivity contribution >= 4 is 19.8 Å². The van der Waals surface area contributed by atoms with Gasteiger partial charge in [0.1, 0.15) is 6.61 Å². The average Bonchev–Trinajstić information content (AvgIpc) is 3.13. The highest BCUT2D eigenvalue weighted by Gasteiger charge is 2.22. The molecular formula is C44H75O8P. The van der Waals surface area contributed by atoms with Crippen molar-refractivity contribution in [1.82, 2.24) is 0 Å². The van der Waals surface area contributed by atoms with Crippen molar-refractivity contribution in [2.75, 3.05) is 13.2 Å². The monoisotopic (exact) mass is 763 g/mol. The van der Waals surface area contributed by atoms with Gasteiger partial charge in [0.05, 0.1) is 6.61 Å². The molecule has 0 aliphatic carbocycles. The summed E-state index contributed by atoms with van der Waals surface area (Å²) in [5.41, 5.74) is 0. The van der Waals surface area contributed by atoms with E-state index in [1.807, 2.05) is 54.7 Å². The van der Waals surface area contributed by atoms with Gasteiger partial charge in [-0.05, 0) is 51.4 Å². The Balaban J connectivity index is 3.96. The van der Waals surface area contributed by atoms with Gasteiger partial charge in [-0.15, -0.1) is 0 Å². The van der Waals surface area contributed by atoms with Gasteiger partial charge in [-0.25, -0.2) is 4.57 Å². The zero-order valence-corrected chi connectivity index (χ0v) is 34.3. The molecule has 0 spiro atoms. The fourth-order valence-electron chi connectivity index (χ4n) is 5.52. The molecule has 0 aliphatic heterocycles. The number of hydrogen-bond acceptors (Lipinski definition) is 6. The second-order valence-electron chi connectivity index (χ2n) is 13.7. The van der Waals surface area contributed by atoms with Gasteiger partial charge in [0.15, 0.2) is 6.10 Å². The molecule has 304 valence electrons. The quantitative estimate of drug-likeness (QED) is 0.0211. The predicted octanol–water partition coefficient (Wildman–Crippen LogP) is 12.7. The minimum absolute atomic E-state index is 0.112. The highest BCUT2D eigenvalue weighted by molar-refractivity contribution is 7.46. The van der Waals surface area contributed by atoms with E-state index in [1.54, 1.807) is 0 Å². The lowest BCUT2D eigenvalue weighted by Crippen LogP contribution is -2.29. The van der Waals surface area contributed by atoms with Crippen LogP contribution in [0.4, 0.5) is 0 Å². The first-order valence-electron chi connectivity index (χ1n) is 20.8. The molecule has 53 heavy (non-hydrogen) atoms. The molecular weight excluding hydrogens is 687 g/mol. The number of hydrogen-bond donors (Lipinski definition) is 2. The third kappa shape index (κ3) is 42.1. The normalized spacial score (nSPS) is 13.2. The summed E-state index contributed by atoms with van der Waals surface area (Å²) in [6.07, 6.45) is 50.8. The lowest BCUT2D eigenvalue weighted by molar-refractivity contribution is -0.161. The fraction of sp³-hybridized carbons (Fsp3) is 0.682. The number of carbonyl (C=O) groups excluding carboxylic acids is 2. The van der Waals surface area contributed by atoms with Crippen molar-refractivity contribution in [3.8, 4) is 0 Å². The minimum Gasteiger partial charge on any atom is -0.462 e. The largest absolute Gasteiger partial charge is 0.469 e. The van der Waals surface area contributed by atoms with Gasteiger partial charge in [-0.1, -0.05) is 183 Å².